The number of hydrogen-bond donors (Lipinski definition) is 0. The third-order valence-corrected chi connectivity index (χ3v) is 3.72. The van der Waals surface area contributed by atoms with E-state index in [1.54, 1.807) is 55.7 Å². The Kier molecular flexibility index (Phi) is 4.20. The molecule has 2 heterocycles. The van der Waals surface area contributed by atoms with Gasteiger partial charge in [-0.05, 0) is 49.7 Å². The maximum absolute atomic E-state index is 13.6. The Morgan fingerprint density at radius 1 is 1.29 bits per heavy atom. The maximum atomic E-state index is 13.6. The normalized spacial score (nSPS) is 10.8. The number of nitrogens with zero attached hydrogens (tertiary/aromatic N) is 2. The topological polar surface area (TPSA) is 52.8 Å². The summed E-state index contributed by atoms with van der Waals surface area (Å²) in [6.45, 7) is 3.64. The first-order valence-corrected chi connectivity index (χ1v) is 7.56. The number of aryl methyl sites for hydroxylation is 1. The number of pyridine rings is 1. The highest BCUT2D eigenvalue weighted by molar-refractivity contribution is 5.96. The van der Waals surface area contributed by atoms with Crippen LogP contribution in [0.3, 0.4) is 0 Å². The predicted octanol–water partition coefficient (Wildman–Crippen LogP) is 3.63. The van der Waals surface area contributed by atoms with Crippen molar-refractivity contribution in [3.05, 3.63) is 53.5 Å². The number of esters is 1. The molecule has 0 bridgehead atoms. The van der Waals surface area contributed by atoms with Crippen molar-refractivity contribution in [3.8, 4) is 17.1 Å². The summed E-state index contributed by atoms with van der Waals surface area (Å²) in [6, 6.07) is 9.98. The first kappa shape index (κ1) is 16.0. The molecule has 2 aromatic heterocycles. The van der Waals surface area contributed by atoms with Gasteiger partial charge in [-0.2, -0.15) is 0 Å². The molecule has 0 aliphatic heterocycles. The lowest BCUT2D eigenvalue weighted by atomic mass is 10.1. The van der Waals surface area contributed by atoms with Crippen molar-refractivity contribution < 1.29 is 18.7 Å². The molecule has 1 aromatic carbocycles. The number of carbonyl (C=O) groups excluding carboxylic acids is 1. The Balaban J connectivity index is 2.34. The average Bonchev–Trinajstić information content (AvgIpc) is 2.97. The van der Waals surface area contributed by atoms with Gasteiger partial charge < -0.3 is 9.47 Å². The van der Waals surface area contributed by atoms with Crippen LogP contribution in [0.4, 0.5) is 4.39 Å². The van der Waals surface area contributed by atoms with Crippen LogP contribution in [0, 0.1) is 12.7 Å². The lowest BCUT2D eigenvalue weighted by molar-refractivity contribution is 0.0521. The quantitative estimate of drug-likeness (QED) is 0.686. The van der Waals surface area contributed by atoms with Gasteiger partial charge in [0.15, 0.2) is 11.6 Å². The van der Waals surface area contributed by atoms with E-state index in [2.05, 4.69) is 4.98 Å². The zero-order valence-corrected chi connectivity index (χ0v) is 13.7. The van der Waals surface area contributed by atoms with Crippen LogP contribution in [0.1, 0.15) is 23.0 Å². The number of aromatic nitrogens is 2. The van der Waals surface area contributed by atoms with Gasteiger partial charge >= 0.3 is 5.97 Å². The smallest absolute Gasteiger partial charge is 0.359 e. The molecule has 3 aromatic rings. The van der Waals surface area contributed by atoms with Crippen molar-refractivity contribution in [1.29, 1.82) is 0 Å². The van der Waals surface area contributed by atoms with Gasteiger partial charge in [0.25, 0.3) is 0 Å². The van der Waals surface area contributed by atoms with Gasteiger partial charge in [-0.3, -0.25) is 4.40 Å². The van der Waals surface area contributed by atoms with E-state index in [0.717, 1.165) is 0 Å². The van der Waals surface area contributed by atoms with Crippen molar-refractivity contribution in [2.24, 2.45) is 0 Å². The first-order valence-electron chi connectivity index (χ1n) is 7.56. The molecule has 5 nitrogen and oxygen atoms in total. The standard InChI is InChI=1S/C18H17FN2O3/c1-4-24-18(22)16-17(12-8-9-13(19)11(2)10-12)21-14(20-16)6-5-7-15(21)23-3/h5-10H,4H2,1-3H3. The lowest BCUT2D eigenvalue weighted by Gasteiger charge is -2.10. The number of imidazole rings is 1. The van der Waals surface area contributed by atoms with E-state index in [4.69, 9.17) is 9.47 Å². The minimum atomic E-state index is -0.528. The number of halogens is 1. The Morgan fingerprint density at radius 3 is 2.75 bits per heavy atom. The summed E-state index contributed by atoms with van der Waals surface area (Å²) in [4.78, 5) is 16.7. The Hall–Kier alpha value is -2.89. The molecule has 124 valence electrons. The molecule has 0 amide bonds. The highest BCUT2D eigenvalue weighted by atomic mass is 19.1. The minimum Gasteiger partial charge on any atom is -0.482 e. The van der Waals surface area contributed by atoms with Gasteiger partial charge in [-0.25, -0.2) is 14.2 Å². The van der Waals surface area contributed by atoms with Crippen molar-refractivity contribution in [3.63, 3.8) is 0 Å². The number of benzene rings is 1. The molecule has 24 heavy (non-hydrogen) atoms. The van der Waals surface area contributed by atoms with Gasteiger partial charge in [0.1, 0.15) is 11.5 Å². The molecule has 0 fully saturated rings. The summed E-state index contributed by atoms with van der Waals surface area (Å²) in [5, 5.41) is 0. The fourth-order valence-corrected chi connectivity index (χ4v) is 2.62. The number of rotatable bonds is 4. The van der Waals surface area contributed by atoms with Crippen molar-refractivity contribution in [1.82, 2.24) is 9.38 Å². The van der Waals surface area contributed by atoms with Gasteiger partial charge in [0.2, 0.25) is 0 Å². The number of ether oxygens (including phenoxy) is 2. The van der Waals surface area contributed by atoms with Crippen LogP contribution in [-0.2, 0) is 4.74 Å². The van der Waals surface area contributed by atoms with Gasteiger partial charge in [0, 0.05) is 5.56 Å². The predicted molar refractivity (Wildman–Crippen MR) is 87.8 cm³/mol. The van der Waals surface area contributed by atoms with Crippen LogP contribution < -0.4 is 4.74 Å². The number of methoxy groups -OCH3 is 1. The maximum Gasteiger partial charge on any atom is 0.359 e. The number of carbonyl (C=O) groups is 1. The molecule has 0 saturated heterocycles. The molecule has 0 radical (unpaired) electrons. The second-order valence-corrected chi connectivity index (χ2v) is 5.26. The van der Waals surface area contributed by atoms with E-state index < -0.39 is 5.97 Å². The van der Waals surface area contributed by atoms with Crippen molar-refractivity contribution in [2.45, 2.75) is 13.8 Å². The molecule has 0 N–H and O–H groups in total. The van der Waals surface area contributed by atoms with E-state index in [9.17, 15) is 9.18 Å². The largest absolute Gasteiger partial charge is 0.482 e. The van der Waals surface area contributed by atoms with Crippen LogP contribution in [-0.4, -0.2) is 29.1 Å². The Morgan fingerprint density at radius 2 is 2.08 bits per heavy atom. The van der Waals surface area contributed by atoms with Crippen molar-refractivity contribution in [2.75, 3.05) is 13.7 Å². The van der Waals surface area contributed by atoms with Crippen LogP contribution >= 0.6 is 0 Å². The lowest BCUT2D eigenvalue weighted by Crippen LogP contribution is -2.07. The Bertz CT molecular complexity index is 918. The third kappa shape index (κ3) is 2.60. The highest BCUT2D eigenvalue weighted by Gasteiger charge is 2.23. The van der Waals surface area contributed by atoms with Gasteiger partial charge in [-0.1, -0.05) is 6.07 Å². The summed E-state index contributed by atoms with van der Waals surface area (Å²) < 4.78 is 25.9. The SMILES string of the molecule is CCOC(=O)c1nc2cccc(OC)n2c1-c1ccc(F)c(C)c1. The molecular weight excluding hydrogens is 311 g/mol. The van der Waals surface area contributed by atoms with Gasteiger partial charge in [-0.15, -0.1) is 0 Å². The molecule has 0 saturated carbocycles. The van der Waals surface area contributed by atoms with Crippen LogP contribution in [0.5, 0.6) is 5.88 Å². The number of hydrogen-bond acceptors (Lipinski definition) is 4. The molecule has 0 atom stereocenters. The average molecular weight is 328 g/mol. The highest BCUT2D eigenvalue weighted by Crippen LogP contribution is 2.30. The van der Waals surface area contributed by atoms with E-state index in [1.165, 1.54) is 6.07 Å². The van der Waals surface area contributed by atoms with Crippen LogP contribution in [0.2, 0.25) is 0 Å². The fourth-order valence-electron chi connectivity index (χ4n) is 2.62. The van der Waals surface area contributed by atoms with E-state index in [0.29, 0.717) is 28.3 Å². The van der Waals surface area contributed by atoms with E-state index in [1.807, 2.05) is 0 Å². The number of fused-ring (bicyclic) bond motifs is 1. The molecule has 0 spiro atoms. The summed E-state index contributed by atoms with van der Waals surface area (Å²) in [5.41, 5.74) is 2.38. The van der Waals surface area contributed by atoms with E-state index in [-0.39, 0.29) is 18.1 Å². The van der Waals surface area contributed by atoms with Crippen LogP contribution in [0.25, 0.3) is 16.9 Å². The second-order valence-electron chi connectivity index (χ2n) is 5.26. The van der Waals surface area contributed by atoms with Crippen molar-refractivity contribution >= 4 is 11.6 Å². The van der Waals surface area contributed by atoms with Gasteiger partial charge in [0.05, 0.1) is 19.4 Å². The zero-order chi connectivity index (χ0) is 17.3. The summed E-state index contributed by atoms with van der Waals surface area (Å²) in [6.07, 6.45) is 0. The molecule has 6 heteroatoms. The first-order chi connectivity index (χ1) is 11.6. The Labute approximate surface area is 138 Å². The zero-order valence-electron chi connectivity index (χ0n) is 13.7. The minimum absolute atomic E-state index is 0.173. The summed E-state index contributed by atoms with van der Waals surface area (Å²) in [5.74, 6) is -0.315. The fraction of sp³-hybridized carbons (Fsp3) is 0.222. The van der Waals surface area contributed by atoms with E-state index >= 15 is 0 Å². The third-order valence-electron chi connectivity index (χ3n) is 3.72. The monoisotopic (exact) mass is 328 g/mol. The second kappa shape index (κ2) is 6.31. The molecular formula is C18H17FN2O3. The molecule has 0 aliphatic rings. The molecule has 0 unspecified atom stereocenters. The molecule has 0 aliphatic carbocycles. The summed E-state index contributed by atoms with van der Waals surface area (Å²) in [7, 11) is 1.54. The van der Waals surface area contributed by atoms with Crippen LogP contribution in [0.15, 0.2) is 36.4 Å². The summed E-state index contributed by atoms with van der Waals surface area (Å²) >= 11 is 0. The molecule has 3 rings (SSSR count).